The number of aryl methyl sites for hydroxylation is 2. The monoisotopic (exact) mass is 396 g/mol. The molecular formula is C22H32N6O. The first-order chi connectivity index (χ1) is 14.3. The highest BCUT2D eigenvalue weighted by molar-refractivity contribution is 5.41. The number of likely N-dealkylation sites (tertiary alicyclic amines) is 1. The van der Waals surface area contributed by atoms with Crippen molar-refractivity contribution in [2.75, 3.05) is 56.2 Å². The molecule has 2 aliphatic rings. The van der Waals surface area contributed by atoms with Crippen molar-refractivity contribution >= 4 is 11.8 Å². The minimum absolute atomic E-state index is 0.680. The molecule has 1 atom stereocenters. The van der Waals surface area contributed by atoms with Gasteiger partial charge in [-0.2, -0.15) is 4.98 Å². The number of hydrogen-bond acceptors (Lipinski definition) is 7. The van der Waals surface area contributed by atoms with E-state index in [4.69, 9.17) is 4.74 Å². The summed E-state index contributed by atoms with van der Waals surface area (Å²) in [5.74, 6) is 1.70. The lowest BCUT2D eigenvalue weighted by Gasteiger charge is -2.27. The maximum absolute atomic E-state index is 5.42. The summed E-state index contributed by atoms with van der Waals surface area (Å²) in [7, 11) is 0. The van der Waals surface area contributed by atoms with Crippen LogP contribution in [-0.4, -0.2) is 71.8 Å². The number of ether oxygens (including phenoxy) is 1. The number of aromatic nitrogens is 3. The van der Waals surface area contributed by atoms with E-state index in [-0.39, 0.29) is 0 Å². The van der Waals surface area contributed by atoms with Crippen LogP contribution in [0.5, 0.6) is 0 Å². The smallest absolute Gasteiger partial charge is 0.227 e. The Labute approximate surface area is 173 Å². The Balaban J connectivity index is 1.24. The van der Waals surface area contributed by atoms with Crippen molar-refractivity contribution in [3.05, 3.63) is 41.9 Å². The summed E-state index contributed by atoms with van der Waals surface area (Å²) < 4.78 is 5.42. The molecule has 0 radical (unpaired) electrons. The highest BCUT2D eigenvalue weighted by Gasteiger charge is 2.23. The zero-order chi connectivity index (χ0) is 19.9. The lowest BCUT2D eigenvalue weighted by Crippen LogP contribution is -2.37. The van der Waals surface area contributed by atoms with Gasteiger partial charge >= 0.3 is 0 Å². The van der Waals surface area contributed by atoms with Crippen molar-refractivity contribution in [1.29, 1.82) is 0 Å². The highest BCUT2D eigenvalue weighted by atomic mass is 16.5. The fourth-order valence-corrected chi connectivity index (χ4v) is 4.30. The van der Waals surface area contributed by atoms with Crippen LogP contribution < -0.4 is 10.2 Å². The van der Waals surface area contributed by atoms with Crippen molar-refractivity contribution in [2.45, 2.75) is 38.6 Å². The van der Waals surface area contributed by atoms with Crippen LogP contribution in [0, 0.1) is 6.92 Å². The van der Waals surface area contributed by atoms with Gasteiger partial charge in [0.15, 0.2) is 0 Å². The molecule has 7 nitrogen and oxygen atoms in total. The van der Waals surface area contributed by atoms with Gasteiger partial charge in [0.25, 0.3) is 0 Å². The van der Waals surface area contributed by atoms with Crippen LogP contribution in [0.15, 0.2) is 30.6 Å². The molecule has 156 valence electrons. The molecule has 1 N–H and O–H groups in total. The molecule has 0 aromatic carbocycles. The number of nitrogens with zero attached hydrogens (tertiary/aromatic N) is 5. The second-order valence-electron chi connectivity index (χ2n) is 7.94. The molecule has 2 aliphatic heterocycles. The van der Waals surface area contributed by atoms with E-state index in [1.165, 1.54) is 31.4 Å². The predicted octanol–water partition coefficient (Wildman–Crippen LogP) is 2.53. The summed E-state index contributed by atoms with van der Waals surface area (Å²) in [6.07, 6.45) is 8.72. The molecule has 0 amide bonds. The van der Waals surface area contributed by atoms with Gasteiger partial charge in [0, 0.05) is 50.3 Å². The standard InChI is InChI=1S/C22H32N6O/c1-18-17-19(6-8-23-18)4-5-20-3-2-11-27(20)12-10-24-21-7-9-25-22(26-21)28-13-15-29-16-14-28/h6-9,17,20H,2-5,10-16H2,1H3,(H,24,25,26). The van der Waals surface area contributed by atoms with E-state index in [9.17, 15) is 0 Å². The van der Waals surface area contributed by atoms with E-state index in [1.807, 2.05) is 18.5 Å². The first-order valence-corrected chi connectivity index (χ1v) is 10.8. The van der Waals surface area contributed by atoms with Crippen molar-refractivity contribution in [2.24, 2.45) is 0 Å². The largest absolute Gasteiger partial charge is 0.378 e. The second-order valence-corrected chi connectivity index (χ2v) is 7.94. The van der Waals surface area contributed by atoms with Crippen molar-refractivity contribution in [3.8, 4) is 0 Å². The maximum atomic E-state index is 5.42. The van der Waals surface area contributed by atoms with Gasteiger partial charge in [-0.25, -0.2) is 4.98 Å². The number of hydrogen-bond donors (Lipinski definition) is 1. The van der Waals surface area contributed by atoms with Gasteiger partial charge < -0.3 is 15.0 Å². The van der Waals surface area contributed by atoms with Gasteiger partial charge in [-0.05, 0) is 62.9 Å². The summed E-state index contributed by atoms with van der Waals surface area (Å²) in [6.45, 7) is 8.43. The van der Waals surface area contributed by atoms with Crippen LogP contribution in [0.2, 0.25) is 0 Å². The average molecular weight is 397 g/mol. The van der Waals surface area contributed by atoms with Gasteiger partial charge in [-0.15, -0.1) is 0 Å². The first kappa shape index (κ1) is 20.0. The lowest BCUT2D eigenvalue weighted by atomic mass is 10.0. The SMILES string of the molecule is Cc1cc(CCC2CCCN2CCNc2ccnc(N3CCOCC3)n2)ccn1. The van der Waals surface area contributed by atoms with E-state index in [1.54, 1.807) is 0 Å². The molecule has 4 rings (SSSR count). The number of pyridine rings is 1. The topological polar surface area (TPSA) is 66.4 Å². The Morgan fingerprint density at radius 1 is 1.14 bits per heavy atom. The van der Waals surface area contributed by atoms with E-state index < -0.39 is 0 Å². The Bertz CT molecular complexity index is 779. The zero-order valence-electron chi connectivity index (χ0n) is 17.4. The molecular weight excluding hydrogens is 364 g/mol. The molecule has 0 bridgehead atoms. The third-order valence-corrected chi connectivity index (χ3v) is 5.87. The first-order valence-electron chi connectivity index (χ1n) is 10.8. The van der Waals surface area contributed by atoms with Crippen LogP contribution in [-0.2, 0) is 11.2 Å². The summed E-state index contributed by atoms with van der Waals surface area (Å²) in [5, 5.41) is 3.49. The molecule has 4 heterocycles. The van der Waals surface area contributed by atoms with Gasteiger partial charge in [0.05, 0.1) is 13.2 Å². The zero-order valence-corrected chi connectivity index (χ0v) is 17.4. The fraction of sp³-hybridized carbons (Fsp3) is 0.591. The van der Waals surface area contributed by atoms with Crippen LogP contribution in [0.25, 0.3) is 0 Å². The van der Waals surface area contributed by atoms with E-state index in [0.717, 1.165) is 63.3 Å². The molecule has 29 heavy (non-hydrogen) atoms. The number of rotatable bonds is 8. The van der Waals surface area contributed by atoms with Gasteiger partial charge in [-0.1, -0.05) is 0 Å². The van der Waals surface area contributed by atoms with Crippen molar-refractivity contribution < 1.29 is 4.74 Å². The van der Waals surface area contributed by atoms with E-state index in [2.05, 4.69) is 49.1 Å². The highest BCUT2D eigenvalue weighted by Crippen LogP contribution is 2.22. The summed E-state index contributed by atoms with van der Waals surface area (Å²) >= 11 is 0. The molecule has 2 fully saturated rings. The third kappa shape index (κ3) is 5.64. The minimum atomic E-state index is 0.680. The fourth-order valence-electron chi connectivity index (χ4n) is 4.30. The van der Waals surface area contributed by atoms with E-state index >= 15 is 0 Å². The Morgan fingerprint density at radius 2 is 2.00 bits per heavy atom. The average Bonchev–Trinajstić information content (AvgIpc) is 3.21. The molecule has 7 heteroatoms. The Morgan fingerprint density at radius 3 is 2.86 bits per heavy atom. The van der Waals surface area contributed by atoms with Gasteiger partial charge in [0.1, 0.15) is 5.82 Å². The molecule has 2 saturated heterocycles. The molecule has 0 saturated carbocycles. The minimum Gasteiger partial charge on any atom is -0.378 e. The number of nitrogens with one attached hydrogen (secondary N) is 1. The molecule has 2 aromatic rings. The van der Waals surface area contributed by atoms with E-state index in [0.29, 0.717) is 6.04 Å². The normalized spacial score (nSPS) is 20.2. The Kier molecular flexibility index (Phi) is 6.90. The van der Waals surface area contributed by atoms with Gasteiger partial charge in [-0.3, -0.25) is 9.88 Å². The molecule has 0 spiro atoms. The molecule has 1 unspecified atom stereocenters. The Hall–Kier alpha value is -2.25. The summed E-state index contributed by atoms with van der Waals surface area (Å²) in [6, 6.07) is 6.99. The van der Waals surface area contributed by atoms with Crippen molar-refractivity contribution in [3.63, 3.8) is 0 Å². The van der Waals surface area contributed by atoms with Crippen LogP contribution in [0.3, 0.4) is 0 Å². The van der Waals surface area contributed by atoms with Crippen molar-refractivity contribution in [1.82, 2.24) is 19.9 Å². The summed E-state index contributed by atoms with van der Waals surface area (Å²) in [4.78, 5) is 18.2. The summed E-state index contributed by atoms with van der Waals surface area (Å²) in [5.41, 5.74) is 2.51. The van der Waals surface area contributed by atoms with Gasteiger partial charge in [0.2, 0.25) is 5.95 Å². The lowest BCUT2D eigenvalue weighted by molar-refractivity contribution is 0.122. The predicted molar refractivity (Wildman–Crippen MR) is 115 cm³/mol. The third-order valence-electron chi connectivity index (χ3n) is 5.87. The second kappa shape index (κ2) is 9.98. The van der Waals surface area contributed by atoms with Crippen LogP contribution >= 0.6 is 0 Å². The quantitative estimate of drug-likeness (QED) is 0.735. The molecule has 0 aliphatic carbocycles. The maximum Gasteiger partial charge on any atom is 0.227 e. The number of morpholine rings is 1. The van der Waals surface area contributed by atoms with Crippen LogP contribution in [0.4, 0.5) is 11.8 Å². The number of anilines is 2. The molecule has 2 aromatic heterocycles. The van der Waals surface area contributed by atoms with Crippen LogP contribution in [0.1, 0.15) is 30.5 Å².